The Hall–Kier alpha value is -0.800. The fraction of sp³-hybridized carbons (Fsp3) is 0.500. The summed E-state index contributed by atoms with van der Waals surface area (Å²) in [7, 11) is 0. The summed E-state index contributed by atoms with van der Waals surface area (Å²) in [6, 6.07) is 0. The van der Waals surface area contributed by atoms with Crippen molar-refractivity contribution in [2.45, 2.75) is 19.0 Å². The molecule has 0 saturated carbocycles. The minimum atomic E-state index is -4.22. The van der Waals surface area contributed by atoms with Gasteiger partial charge in [-0.1, -0.05) is 6.08 Å². The van der Waals surface area contributed by atoms with E-state index in [-0.39, 0.29) is 12.8 Å². The van der Waals surface area contributed by atoms with E-state index in [1.54, 1.807) is 0 Å². The van der Waals surface area contributed by atoms with Crippen molar-refractivity contribution < 1.29 is 17.6 Å². The van der Waals surface area contributed by atoms with Crippen LogP contribution in [-0.2, 0) is 0 Å². The molecule has 0 spiro atoms. The minimum absolute atomic E-state index is 0.132. The molecule has 0 N–H and O–H groups in total. The molecule has 0 fully saturated rings. The first-order valence-electron chi connectivity index (χ1n) is 3.59. The SMILES string of the molecule is FC1=CCC(C(F)(F)F)CC=C1. The molecule has 0 nitrogen and oxygen atoms in total. The fourth-order valence-corrected chi connectivity index (χ4v) is 1.03. The number of hydrogen-bond acceptors (Lipinski definition) is 0. The molecule has 0 amide bonds. The molecule has 4 heteroatoms. The van der Waals surface area contributed by atoms with E-state index in [0.29, 0.717) is 0 Å². The standard InChI is InChI=1S/C8H8F4/c9-7-3-1-2-6(4-5-7)8(10,11)12/h1,3,5-6H,2,4H2. The van der Waals surface area contributed by atoms with Crippen LogP contribution in [0.25, 0.3) is 0 Å². The van der Waals surface area contributed by atoms with Gasteiger partial charge in [0.1, 0.15) is 5.83 Å². The second-order valence-corrected chi connectivity index (χ2v) is 2.70. The number of rotatable bonds is 0. The highest BCUT2D eigenvalue weighted by atomic mass is 19.4. The van der Waals surface area contributed by atoms with Gasteiger partial charge in [-0.3, -0.25) is 0 Å². The van der Waals surface area contributed by atoms with E-state index in [1.807, 2.05) is 0 Å². The molecule has 0 saturated heterocycles. The number of alkyl halides is 3. The molecule has 0 aliphatic heterocycles. The predicted molar refractivity (Wildman–Crippen MR) is 37.1 cm³/mol. The zero-order valence-corrected chi connectivity index (χ0v) is 6.24. The Labute approximate surface area is 67.6 Å². The van der Waals surface area contributed by atoms with Crippen LogP contribution in [0.5, 0.6) is 0 Å². The van der Waals surface area contributed by atoms with Crippen molar-refractivity contribution in [1.82, 2.24) is 0 Å². The third-order valence-electron chi connectivity index (χ3n) is 1.76. The predicted octanol–water partition coefficient (Wildman–Crippen LogP) is 3.37. The van der Waals surface area contributed by atoms with Crippen molar-refractivity contribution in [2.75, 3.05) is 0 Å². The van der Waals surface area contributed by atoms with E-state index >= 15 is 0 Å². The lowest BCUT2D eigenvalue weighted by Gasteiger charge is -2.15. The van der Waals surface area contributed by atoms with Gasteiger partial charge < -0.3 is 0 Å². The Balaban J connectivity index is 2.67. The van der Waals surface area contributed by atoms with Gasteiger partial charge in [-0.15, -0.1) is 0 Å². The van der Waals surface area contributed by atoms with Gasteiger partial charge >= 0.3 is 6.18 Å². The summed E-state index contributed by atoms with van der Waals surface area (Å²) >= 11 is 0. The Kier molecular flexibility index (Phi) is 2.55. The molecule has 0 heterocycles. The normalized spacial score (nSPS) is 25.0. The summed E-state index contributed by atoms with van der Waals surface area (Å²) in [6.07, 6.45) is -1.34. The van der Waals surface area contributed by atoms with Crippen LogP contribution >= 0.6 is 0 Å². The topological polar surface area (TPSA) is 0 Å². The van der Waals surface area contributed by atoms with E-state index < -0.39 is 17.9 Å². The summed E-state index contributed by atoms with van der Waals surface area (Å²) in [6.45, 7) is 0. The van der Waals surface area contributed by atoms with Gasteiger partial charge in [-0.25, -0.2) is 4.39 Å². The van der Waals surface area contributed by atoms with Gasteiger partial charge in [-0.05, 0) is 25.0 Å². The zero-order valence-electron chi connectivity index (χ0n) is 6.24. The molecule has 0 bridgehead atoms. The molecule has 1 rings (SSSR count). The Morgan fingerprint density at radius 3 is 2.50 bits per heavy atom. The van der Waals surface area contributed by atoms with Crippen molar-refractivity contribution in [1.29, 1.82) is 0 Å². The molecule has 1 unspecified atom stereocenters. The molecule has 0 radical (unpaired) electrons. The van der Waals surface area contributed by atoms with Crippen LogP contribution in [0.3, 0.4) is 0 Å². The lowest BCUT2D eigenvalue weighted by atomic mass is 10.0. The zero-order chi connectivity index (χ0) is 9.19. The minimum Gasteiger partial charge on any atom is -0.207 e. The molecule has 68 valence electrons. The quantitative estimate of drug-likeness (QED) is 0.501. The summed E-state index contributed by atoms with van der Waals surface area (Å²) in [5, 5.41) is 0. The van der Waals surface area contributed by atoms with E-state index in [4.69, 9.17) is 0 Å². The van der Waals surface area contributed by atoms with Gasteiger partial charge in [0.2, 0.25) is 0 Å². The Morgan fingerprint density at radius 1 is 1.25 bits per heavy atom. The van der Waals surface area contributed by atoms with Crippen LogP contribution in [0, 0.1) is 5.92 Å². The Bertz CT molecular complexity index is 212. The van der Waals surface area contributed by atoms with Gasteiger partial charge in [0, 0.05) is 0 Å². The van der Waals surface area contributed by atoms with Crippen molar-refractivity contribution in [3.8, 4) is 0 Å². The largest absolute Gasteiger partial charge is 0.392 e. The number of hydrogen-bond donors (Lipinski definition) is 0. The van der Waals surface area contributed by atoms with Crippen LogP contribution in [0.4, 0.5) is 17.6 Å². The van der Waals surface area contributed by atoms with Gasteiger partial charge in [0.15, 0.2) is 0 Å². The maximum Gasteiger partial charge on any atom is 0.392 e. The van der Waals surface area contributed by atoms with Crippen LogP contribution in [0.15, 0.2) is 24.1 Å². The van der Waals surface area contributed by atoms with Gasteiger partial charge in [0.05, 0.1) is 5.92 Å². The maximum absolute atomic E-state index is 12.4. The smallest absolute Gasteiger partial charge is 0.207 e. The monoisotopic (exact) mass is 180 g/mol. The third-order valence-corrected chi connectivity index (χ3v) is 1.76. The van der Waals surface area contributed by atoms with Crippen LogP contribution < -0.4 is 0 Å². The summed E-state index contributed by atoms with van der Waals surface area (Å²) in [5.74, 6) is -2.01. The summed E-state index contributed by atoms with van der Waals surface area (Å²) in [4.78, 5) is 0. The van der Waals surface area contributed by atoms with Crippen LogP contribution in [-0.4, -0.2) is 6.18 Å². The first-order chi connectivity index (χ1) is 5.50. The van der Waals surface area contributed by atoms with E-state index in [2.05, 4.69) is 0 Å². The highest BCUT2D eigenvalue weighted by Gasteiger charge is 2.38. The highest BCUT2D eigenvalue weighted by molar-refractivity contribution is 5.14. The lowest BCUT2D eigenvalue weighted by Crippen LogP contribution is -2.21. The summed E-state index contributed by atoms with van der Waals surface area (Å²) in [5.41, 5.74) is 0. The average molecular weight is 180 g/mol. The molecule has 12 heavy (non-hydrogen) atoms. The lowest BCUT2D eigenvalue weighted by molar-refractivity contribution is -0.172. The molecule has 0 aromatic heterocycles. The van der Waals surface area contributed by atoms with Gasteiger partial charge in [0.25, 0.3) is 0 Å². The molecule has 1 aliphatic carbocycles. The van der Waals surface area contributed by atoms with E-state index in [9.17, 15) is 17.6 Å². The molecular formula is C8H8F4. The average Bonchev–Trinajstić information content (AvgIpc) is 2.11. The van der Waals surface area contributed by atoms with Gasteiger partial charge in [-0.2, -0.15) is 13.2 Å². The summed E-state index contributed by atoms with van der Waals surface area (Å²) < 4.78 is 48.6. The number of halogens is 4. The van der Waals surface area contributed by atoms with Crippen molar-refractivity contribution in [3.05, 3.63) is 24.1 Å². The van der Waals surface area contributed by atoms with E-state index in [1.165, 1.54) is 6.08 Å². The first kappa shape index (κ1) is 9.29. The van der Waals surface area contributed by atoms with E-state index in [0.717, 1.165) is 12.2 Å². The maximum atomic E-state index is 12.4. The van der Waals surface area contributed by atoms with Crippen molar-refractivity contribution in [3.63, 3.8) is 0 Å². The Morgan fingerprint density at radius 2 is 1.92 bits per heavy atom. The molecule has 0 aromatic rings. The number of allylic oxidation sites excluding steroid dienone is 4. The molecule has 1 aliphatic rings. The van der Waals surface area contributed by atoms with Crippen LogP contribution in [0.2, 0.25) is 0 Å². The molecule has 0 aromatic carbocycles. The van der Waals surface area contributed by atoms with Crippen molar-refractivity contribution in [2.24, 2.45) is 5.92 Å². The first-order valence-corrected chi connectivity index (χ1v) is 3.59. The molecule has 1 atom stereocenters. The third kappa shape index (κ3) is 2.36. The van der Waals surface area contributed by atoms with Crippen molar-refractivity contribution >= 4 is 0 Å². The fourth-order valence-electron chi connectivity index (χ4n) is 1.03. The van der Waals surface area contributed by atoms with Crippen LogP contribution in [0.1, 0.15) is 12.8 Å². The second kappa shape index (κ2) is 3.29. The second-order valence-electron chi connectivity index (χ2n) is 2.70. The molecular weight excluding hydrogens is 172 g/mol. The highest BCUT2D eigenvalue weighted by Crippen LogP contribution is 2.33.